The lowest BCUT2D eigenvalue weighted by Crippen LogP contribution is -2.42. The second-order valence-corrected chi connectivity index (χ2v) is 5.14. The molecular formula is C13H23N3O. The molecule has 0 amide bonds. The van der Waals surface area contributed by atoms with Crippen molar-refractivity contribution >= 4 is 0 Å². The Hall–Kier alpha value is -0.870. The van der Waals surface area contributed by atoms with E-state index in [4.69, 9.17) is 4.74 Å². The highest BCUT2D eigenvalue weighted by molar-refractivity contribution is 5.19. The van der Waals surface area contributed by atoms with Gasteiger partial charge in [-0.25, -0.2) is 0 Å². The van der Waals surface area contributed by atoms with Gasteiger partial charge in [0.1, 0.15) is 0 Å². The number of ether oxygens (including phenoxy) is 1. The van der Waals surface area contributed by atoms with Crippen molar-refractivity contribution in [3.63, 3.8) is 0 Å². The van der Waals surface area contributed by atoms with Gasteiger partial charge in [0.2, 0.25) is 0 Å². The number of aromatic nitrogens is 2. The van der Waals surface area contributed by atoms with Crippen LogP contribution in [0.4, 0.5) is 0 Å². The van der Waals surface area contributed by atoms with Crippen molar-refractivity contribution in [2.75, 3.05) is 13.2 Å². The molecule has 0 spiro atoms. The molecule has 2 rings (SSSR count). The van der Waals surface area contributed by atoms with E-state index in [2.05, 4.69) is 31.2 Å². The molecule has 4 nitrogen and oxygen atoms in total. The summed E-state index contributed by atoms with van der Waals surface area (Å²) >= 11 is 0. The quantitative estimate of drug-likeness (QED) is 0.871. The van der Waals surface area contributed by atoms with Crippen molar-refractivity contribution in [2.45, 2.75) is 39.3 Å². The maximum Gasteiger partial charge on any atom is 0.0540 e. The number of hydrogen-bond donors (Lipinski definition) is 1. The maximum absolute atomic E-state index is 5.47. The first-order valence-electron chi connectivity index (χ1n) is 6.42. The van der Waals surface area contributed by atoms with Crippen LogP contribution in [0.2, 0.25) is 0 Å². The van der Waals surface area contributed by atoms with Gasteiger partial charge in [0, 0.05) is 37.0 Å². The third kappa shape index (κ3) is 2.69. The first-order valence-corrected chi connectivity index (χ1v) is 6.42. The van der Waals surface area contributed by atoms with Gasteiger partial charge in [-0.1, -0.05) is 6.92 Å². The van der Waals surface area contributed by atoms with Crippen molar-refractivity contribution in [2.24, 2.45) is 13.0 Å². The monoisotopic (exact) mass is 237 g/mol. The number of aryl methyl sites for hydroxylation is 1. The maximum atomic E-state index is 5.47. The molecule has 1 saturated heterocycles. The molecule has 3 atom stereocenters. The first-order chi connectivity index (χ1) is 8.09. The number of nitrogens with zero attached hydrogens (tertiary/aromatic N) is 2. The summed E-state index contributed by atoms with van der Waals surface area (Å²) in [4.78, 5) is 0. The van der Waals surface area contributed by atoms with Crippen molar-refractivity contribution in [3.05, 3.63) is 17.5 Å². The molecule has 0 radical (unpaired) electrons. The van der Waals surface area contributed by atoms with Crippen LogP contribution in [0.3, 0.4) is 0 Å². The lowest BCUT2D eigenvalue weighted by Gasteiger charge is -2.32. The van der Waals surface area contributed by atoms with E-state index in [-0.39, 0.29) is 0 Å². The van der Waals surface area contributed by atoms with E-state index in [1.54, 1.807) is 0 Å². The smallest absolute Gasteiger partial charge is 0.0540 e. The molecule has 0 bridgehead atoms. The Labute approximate surface area is 103 Å². The standard InChI is InChI=1S/C13H23N3O/c1-9-8-17-6-5-13(9)15-10(2)12-7-14-16(4)11(12)3/h7,9-10,13,15H,5-6,8H2,1-4H3. The van der Waals surface area contributed by atoms with E-state index in [1.807, 2.05) is 17.9 Å². The molecule has 1 aromatic rings. The zero-order chi connectivity index (χ0) is 12.4. The number of hydrogen-bond acceptors (Lipinski definition) is 3. The SMILES string of the molecule is Cc1c(C(C)NC2CCOCC2C)cnn1C. The van der Waals surface area contributed by atoms with Crippen LogP contribution in [0.15, 0.2) is 6.20 Å². The topological polar surface area (TPSA) is 39.1 Å². The lowest BCUT2D eigenvalue weighted by atomic mass is 9.96. The number of rotatable bonds is 3. The summed E-state index contributed by atoms with van der Waals surface area (Å²) in [5, 5.41) is 8.01. The fraction of sp³-hybridized carbons (Fsp3) is 0.769. The van der Waals surface area contributed by atoms with Crippen molar-refractivity contribution in [1.29, 1.82) is 0 Å². The van der Waals surface area contributed by atoms with Crippen LogP contribution in [-0.4, -0.2) is 29.0 Å². The highest BCUT2D eigenvalue weighted by Crippen LogP contribution is 2.21. The summed E-state index contributed by atoms with van der Waals surface area (Å²) < 4.78 is 7.40. The largest absolute Gasteiger partial charge is 0.381 e. The molecule has 1 fully saturated rings. The predicted octanol–water partition coefficient (Wildman–Crippen LogP) is 1.80. The number of nitrogens with one attached hydrogen (secondary N) is 1. The normalized spacial score (nSPS) is 27.1. The minimum atomic E-state index is 0.356. The summed E-state index contributed by atoms with van der Waals surface area (Å²) in [7, 11) is 1.99. The van der Waals surface area contributed by atoms with Crippen LogP contribution in [-0.2, 0) is 11.8 Å². The third-order valence-corrected chi connectivity index (χ3v) is 3.84. The average molecular weight is 237 g/mol. The van der Waals surface area contributed by atoms with Gasteiger partial charge < -0.3 is 10.1 Å². The molecule has 4 heteroatoms. The molecule has 0 aromatic carbocycles. The van der Waals surface area contributed by atoms with Gasteiger partial charge >= 0.3 is 0 Å². The molecule has 2 heterocycles. The summed E-state index contributed by atoms with van der Waals surface area (Å²) in [6, 6.07) is 0.910. The Morgan fingerprint density at radius 3 is 2.94 bits per heavy atom. The molecule has 0 aliphatic carbocycles. The molecule has 1 aliphatic rings. The fourth-order valence-electron chi connectivity index (χ4n) is 2.48. The lowest BCUT2D eigenvalue weighted by molar-refractivity contribution is 0.0363. The average Bonchev–Trinajstić information content (AvgIpc) is 2.63. The Morgan fingerprint density at radius 1 is 1.59 bits per heavy atom. The van der Waals surface area contributed by atoms with Crippen LogP contribution in [0.1, 0.15) is 37.6 Å². The minimum Gasteiger partial charge on any atom is -0.381 e. The van der Waals surface area contributed by atoms with Crippen LogP contribution in [0.25, 0.3) is 0 Å². The Balaban J connectivity index is 2.01. The minimum absolute atomic E-state index is 0.356. The summed E-state index contributed by atoms with van der Waals surface area (Å²) in [5.41, 5.74) is 2.54. The van der Waals surface area contributed by atoms with Gasteiger partial charge in [-0.3, -0.25) is 4.68 Å². The second kappa shape index (κ2) is 5.19. The van der Waals surface area contributed by atoms with Gasteiger partial charge in [0.25, 0.3) is 0 Å². The van der Waals surface area contributed by atoms with E-state index in [1.165, 1.54) is 11.3 Å². The van der Waals surface area contributed by atoms with Crippen LogP contribution < -0.4 is 5.32 Å². The molecule has 96 valence electrons. The Bertz CT molecular complexity index is 375. The van der Waals surface area contributed by atoms with E-state index in [9.17, 15) is 0 Å². The van der Waals surface area contributed by atoms with E-state index >= 15 is 0 Å². The molecule has 0 saturated carbocycles. The molecular weight excluding hydrogens is 214 g/mol. The first kappa shape index (κ1) is 12.6. The summed E-state index contributed by atoms with van der Waals surface area (Å²) in [6.45, 7) is 8.33. The molecule has 17 heavy (non-hydrogen) atoms. The zero-order valence-corrected chi connectivity index (χ0v) is 11.2. The highest BCUT2D eigenvalue weighted by Gasteiger charge is 2.24. The van der Waals surface area contributed by atoms with Gasteiger partial charge in [0.15, 0.2) is 0 Å². The molecule has 3 unspecified atom stereocenters. The van der Waals surface area contributed by atoms with Crippen LogP contribution >= 0.6 is 0 Å². The van der Waals surface area contributed by atoms with E-state index in [0.717, 1.165) is 19.6 Å². The third-order valence-electron chi connectivity index (χ3n) is 3.84. The highest BCUT2D eigenvalue weighted by atomic mass is 16.5. The summed E-state index contributed by atoms with van der Waals surface area (Å²) in [5.74, 6) is 0.586. The Kier molecular flexibility index (Phi) is 3.84. The zero-order valence-electron chi connectivity index (χ0n) is 11.2. The van der Waals surface area contributed by atoms with E-state index < -0.39 is 0 Å². The van der Waals surface area contributed by atoms with Crippen LogP contribution in [0.5, 0.6) is 0 Å². The second-order valence-electron chi connectivity index (χ2n) is 5.14. The Morgan fingerprint density at radius 2 is 2.35 bits per heavy atom. The van der Waals surface area contributed by atoms with Crippen molar-refractivity contribution < 1.29 is 4.74 Å². The fourth-order valence-corrected chi connectivity index (χ4v) is 2.48. The van der Waals surface area contributed by atoms with Gasteiger partial charge in [-0.15, -0.1) is 0 Å². The predicted molar refractivity (Wildman–Crippen MR) is 67.9 cm³/mol. The molecule has 1 aliphatic heterocycles. The van der Waals surface area contributed by atoms with Crippen molar-refractivity contribution in [3.8, 4) is 0 Å². The molecule has 1 N–H and O–H groups in total. The van der Waals surface area contributed by atoms with Gasteiger partial charge in [-0.05, 0) is 26.2 Å². The van der Waals surface area contributed by atoms with E-state index in [0.29, 0.717) is 18.0 Å². The molecule has 1 aromatic heterocycles. The van der Waals surface area contributed by atoms with Gasteiger partial charge in [0.05, 0.1) is 12.8 Å². The van der Waals surface area contributed by atoms with Crippen molar-refractivity contribution in [1.82, 2.24) is 15.1 Å². The van der Waals surface area contributed by atoms with Gasteiger partial charge in [-0.2, -0.15) is 5.10 Å². The summed E-state index contributed by atoms with van der Waals surface area (Å²) in [6.07, 6.45) is 3.07. The van der Waals surface area contributed by atoms with Crippen LogP contribution in [0, 0.1) is 12.8 Å².